The zero-order valence-corrected chi connectivity index (χ0v) is 22.4. The molecule has 0 saturated heterocycles. The summed E-state index contributed by atoms with van der Waals surface area (Å²) in [6.45, 7) is 3.23. The Kier molecular flexibility index (Phi) is 8.96. The maximum atomic E-state index is 13.8. The van der Waals surface area contributed by atoms with Crippen LogP contribution >= 0.6 is 0 Å². The minimum absolute atomic E-state index is 0.290. The van der Waals surface area contributed by atoms with E-state index in [1.165, 1.54) is 50.5 Å². The number of rotatable bonds is 7. The van der Waals surface area contributed by atoms with Crippen LogP contribution in [0.3, 0.4) is 0 Å². The average molecular weight is 504 g/mol. The fourth-order valence-electron chi connectivity index (χ4n) is 6.78. The molecule has 0 N–H and O–H groups in total. The molecule has 1 aromatic rings. The lowest BCUT2D eigenvalue weighted by Crippen LogP contribution is -2.33. The third kappa shape index (κ3) is 6.49. The maximum absolute atomic E-state index is 13.8. The fourth-order valence-corrected chi connectivity index (χ4v) is 7.65. The van der Waals surface area contributed by atoms with E-state index in [2.05, 4.69) is 12.1 Å². The molecule has 1 unspecified atom stereocenters. The molecule has 0 amide bonds. The van der Waals surface area contributed by atoms with Crippen molar-refractivity contribution in [2.75, 3.05) is 0 Å². The van der Waals surface area contributed by atoms with Crippen molar-refractivity contribution in [3.05, 3.63) is 34.4 Å². The summed E-state index contributed by atoms with van der Waals surface area (Å²) in [4.78, 5) is 13.8. The minimum Gasteiger partial charge on any atom is -0.745 e. The van der Waals surface area contributed by atoms with Crippen molar-refractivity contribution < 1.29 is 22.5 Å². The maximum Gasteiger partial charge on any atom is 0.339 e. The van der Waals surface area contributed by atoms with Crippen molar-refractivity contribution in [1.82, 2.24) is 0 Å². The molecular weight excluding hydrogens is 460 g/mol. The standard InChI is InChI=1S/C29H44O5S/c1-20(2)29(35(31,32)33)34-28(30)27-25(22-14-8-4-9-15-22)18-24(21-12-6-3-7-13-21)19-26(27)23-16-10-5-11-17-23/h18-23,29H,3-17H2,1-2H3,(H,31,32,33)/p-1. The monoisotopic (exact) mass is 503 g/mol. The van der Waals surface area contributed by atoms with Crippen LogP contribution in [-0.4, -0.2) is 24.4 Å². The molecule has 3 aliphatic carbocycles. The van der Waals surface area contributed by atoms with Gasteiger partial charge in [0.05, 0.1) is 5.56 Å². The highest BCUT2D eigenvalue weighted by Gasteiger charge is 2.33. The molecule has 1 aromatic carbocycles. The van der Waals surface area contributed by atoms with Crippen molar-refractivity contribution in [3.8, 4) is 0 Å². The second-order valence-corrected chi connectivity index (χ2v) is 13.0. The summed E-state index contributed by atoms with van der Waals surface area (Å²) in [5, 5.41) is 0. The molecule has 3 saturated carbocycles. The van der Waals surface area contributed by atoms with Gasteiger partial charge < -0.3 is 9.29 Å². The van der Waals surface area contributed by atoms with Crippen molar-refractivity contribution in [2.45, 2.75) is 133 Å². The summed E-state index contributed by atoms with van der Waals surface area (Å²) in [7, 11) is -4.76. The van der Waals surface area contributed by atoms with Crippen molar-refractivity contribution in [2.24, 2.45) is 5.92 Å². The van der Waals surface area contributed by atoms with Crippen LogP contribution in [0.5, 0.6) is 0 Å². The van der Waals surface area contributed by atoms with E-state index < -0.39 is 27.4 Å². The van der Waals surface area contributed by atoms with Gasteiger partial charge in [0, 0.05) is 5.92 Å². The minimum atomic E-state index is -4.76. The molecule has 1 atom stereocenters. The van der Waals surface area contributed by atoms with E-state index in [0.29, 0.717) is 23.3 Å². The lowest BCUT2D eigenvalue weighted by atomic mass is 9.73. The summed E-state index contributed by atoms with van der Waals surface area (Å²) in [5.41, 5.74) is 2.40. The number of esters is 1. The number of carbonyl (C=O) groups is 1. The topological polar surface area (TPSA) is 83.5 Å². The van der Waals surface area contributed by atoms with Crippen LogP contribution in [0.2, 0.25) is 0 Å². The van der Waals surface area contributed by atoms with Gasteiger partial charge in [0.1, 0.15) is 10.1 Å². The molecule has 5 nitrogen and oxygen atoms in total. The largest absolute Gasteiger partial charge is 0.745 e. The number of hydrogen-bond acceptors (Lipinski definition) is 5. The van der Waals surface area contributed by atoms with Gasteiger partial charge in [-0.3, -0.25) is 0 Å². The highest BCUT2D eigenvalue weighted by molar-refractivity contribution is 7.86. The van der Waals surface area contributed by atoms with Crippen LogP contribution in [0.4, 0.5) is 0 Å². The molecule has 0 aliphatic heterocycles. The molecule has 0 bridgehead atoms. The van der Waals surface area contributed by atoms with E-state index in [-0.39, 0.29) is 0 Å². The number of carbonyl (C=O) groups excluding carboxylic acids is 1. The lowest BCUT2D eigenvalue weighted by molar-refractivity contribution is 0.0350. The molecule has 0 spiro atoms. The predicted molar refractivity (Wildman–Crippen MR) is 138 cm³/mol. The Hall–Kier alpha value is -1.40. The predicted octanol–water partition coefficient (Wildman–Crippen LogP) is 7.51. The van der Waals surface area contributed by atoms with Crippen molar-refractivity contribution in [1.29, 1.82) is 0 Å². The van der Waals surface area contributed by atoms with Gasteiger partial charge in [-0.25, -0.2) is 13.2 Å². The Morgan fingerprint density at radius 2 is 1.17 bits per heavy atom. The van der Waals surface area contributed by atoms with Crippen LogP contribution in [0.1, 0.15) is 155 Å². The second kappa shape index (κ2) is 11.8. The van der Waals surface area contributed by atoms with Crippen LogP contribution in [0, 0.1) is 5.92 Å². The normalized spacial score (nSPS) is 22.3. The van der Waals surface area contributed by atoms with Gasteiger partial charge in [-0.1, -0.05) is 83.8 Å². The van der Waals surface area contributed by atoms with E-state index in [1.54, 1.807) is 13.8 Å². The molecule has 6 heteroatoms. The first-order valence-corrected chi connectivity index (χ1v) is 15.6. The molecule has 35 heavy (non-hydrogen) atoms. The van der Waals surface area contributed by atoms with Crippen LogP contribution in [0.25, 0.3) is 0 Å². The van der Waals surface area contributed by atoms with E-state index in [1.807, 2.05) is 0 Å². The molecule has 3 aliphatic rings. The molecule has 0 radical (unpaired) electrons. The van der Waals surface area contributed by atoms with Crippen LogP contribution < -0.4 is 0 Å². The zero-order chi connectivity index (χ0) is 25.0. The van der Waals surface area contributed by atoms with E-state index in [0.717, 1.165) is 62.5 Å². The van der Waals surface area contributed by atoms with Gasteiger partial charge in [-0.05, 0) is 73.0 Å². The number of hydrogen-bond donors (Lipinski definition) is 0. The smallest absolute Gasteiger partial charge is 0.339 e. The van der Waals surface area contributed by atoms with Gasteiger partial charge in [0.25, 0.3) is 0 Å². The lowest BCUT2D eigenvalue weighted by Gasteiger charge is -2.33. The Balaban J connectivity index is 1.82. The summed E-state index contributed by atoms with van der Waals surface area (Å²) in [6, 6.07) is 4.54. The van der Waals surface area contributed by atoms with Gasteiger partial charge in [0.2, 0.25) is 0 Å². The molecule has 4 rings (SSSR count). The summed E-state index contributed by atoms with van der Waals surface area (Å²) < 4.78 is 41.4. The van der Waals surface area contributed by atoms with E-state index >= 15 is 0 Å². The Morgan fingerprint density at radius 1 is 0.771 bits per heavy atom. The van der Waals surface area contributed by atoms with Gasteiger partial charge in [-0.15, -0.1) is 0 Å². The zero-order valence-electron chi connectivity index (χ0n) is 21.6. The first kappa shape index (κ1) is 26.7. The third-order valence-corrected chi connectivity index (χ3v) is 9.85. The quantitative estimate of drug-likeness (QED) is 0.284. The van der Waals surface area contributed by atoms with Gasteiger partial charge >= 0.3 is 5.97 Å². The van der Waals surface area contributed by atoms with Gasteiger partial charge in [-0.2, -0.15) is 0 Å². The van der Waals surface area contributed by atoms with Gasteiger partial charge in [0.15, 0.2) is 5.44 Å². The first-order chi connectivity index (χ1) is 16.8. The fraction of sp³-hybridized carbons (Fsp3) is 0.759. The molecule has 3 fully saturated rings. The Bertz CT molecular complexity index is 926. The highest BCUT2D eigenvalue weighted by Crippen LogP contribution is 2.44. The molecule has 0 aromatic heterocycles. The third-order valence-electron chi connectivity index (χ3n) is 8.64. The molecular formula is C29H43O5S-. The average Bonchev–Trinajstić information content (AvgIpc) is 2.87. The van der Waals surface area contributed by atoms with Crippen molar-refractivity contribution >= 4 is 16.1 Å². The Labute approximate surface area is 212 Å². The number of benzene rings is 1. The molecule has 0 heterocycles. The Morgan fingerprint density at radius 3 is 1.54 bits per heavy atom. The highest BCUT2D eigenvalue weighted by atomic mass is 32.2. The SMILES string of the molecule is CC(C)C(OC(=O)c1c(C2CCCCC2)cc(C2CCCCC2)cc1C1CCCCC1)S(=O)(=O)[O-]. The van der Waals surface area contributed by atoms with Crippen LogP contribution in [-0.2, 0) is 14.9 Å². The van der Waals surface area contributed by atoms with Crippen LogP contribution in [0.15, 0.2) is 12.1 Å². The van der Waals surface area contributed by atoms with E-state index in [9.17, 15) is 17.8 Å². The van der Waals surface area contributed by atoms with E-state index in [4.69, 9.17) is 4.74 Å². The summed E-state index contributed by atoms with van der Waals surface area (Å²) >= 11 is 0. The summed E-state index contributed by atoms with van der Waals surface area (Å²) in [5.74, 6) is -0.0975. The van der Waals surface area contributed by atoms with Crippen molar-refractivity contribution in [3.63, 3.8) is 0 Å². The molecule has 196 valence electrons. The first-order valence-electron chi connectivity index (χ1n) is 14.1. The summed E-state index contributed by atoms with van der Waals surface area (Å²) in [6.07, 6.45) is 17.4. The number of ether oxygens (including phenoxy) is 1. The second-order valence-electron chi connectivity index (χ2n) is 11.6.